The van der Waals surface area contributed by atoms with Crippen molar-refractivity contribution >= 4 is 17.6 Å². The third-order valence-electron chi connectivity index (χ3n) is 4.50. The normalized spacial score (nSPS) is 14.1. The molecule has 0 saturated carbocycles. The van der Waals surface area contributed by atoms with Gasteiger partial charge in [-0.15, -0.1) is 0 Å². The van der Waals surface area contributed by atoms with E-state index in [9.17, 15) is 9.59 Å². The van der Waals surface area contributed by atoms with Crippen LogP contribution in [0.5, 0.6) is 5.75 Å². The molecule has 0 radical (unpaired) electrons. The van der Waals surface area contributed by atoms with Crippen LogP contribution in [0.4, 0.5) is 5.69 Å². The zero-order valence-corrected chi connectivity index (χ0v) is 17.4. The molecule has 1 amide bonds. The van der Waals surface area contributed by atoms with E-state index in [1.54, 1.807) is 25.1 Å². The van der Waals surface area contributed by atoms with Crippen LogP contribution in [0.15, 0.2) is 18.2 Å². The molecular weight excluding hydrogens is 346 g/mol. The third-order valence-corrected chi connectivity index (χ3v) is 4.50. The second-order valence-electron chi connectivity index (χ2n) is 6.76. The molecule has 2 atom stereocenters. The Morgan fingerprint density at radius 3 is 2.48 bits per heavy atom. The molecule has 0 aliphatic carbocycles. The molecule has 6 nitrogen and oxygen atoms in total. The molecule has 0 spiro atoms. The van der Waals surface area contributed by atoms with Crippen molar-refractivity contribution < 1.29 is 23.8 Å². The minimum absolute atomic E-state index is 0.0378. The van der Waals surface area contributed by atoms with Gasteiger partial charge in [0.2, 0.25) is 0 Å². The highest BCUT2D eigenvalue weighted by Gasteiger charge is 2.33. The van der Waals surface area contributed by atoms with Crippen LogP contribution in [-0.4, -0.2) is 37.3 Å². The number of nitrogens with one attached hydrogen (secondary N) is 1. The summed E-state index contributed by atoms with van der Waals surface area (Å²) in [5.74, 6) is -0.306. The Balaban J connectivity index is 3.08. The molecule has 0 unspecified atom stereocenters. The summed E-state index contributed by atoms with van der Waals surface area (Å²) in [5, 5.41) is 2.86. The van der Waals surface area contributed by atoms with E-state index in [0.717, 1.165) is 19.3 Å². The smallest absolute Gasteiger partial charge is 0.341 e. The first-order valence-electron chi connectivity index (χ1n) is 9.65. The van der Waals surface area contributed by atoms with Gasteiger partial charge < -0.3 is 19.5 Å². The summed E-state index contributed by atoms with van der Waals surface area (Å²) in [7, 11) is 1.32. The van der Waals surface area contributed by atoms with Gasteiger partial charge in [-0.1, -0.05) is 26.7 Å². The van der Waals surface area contributed by atoms with Crippen LogP contribution < -0.4 is 10.1 Å². The zero-order chi connectivity index (χ0) is 20.4. The summed E-state index contributed by atoms with van der Waals surface area (Å²) in [5.41, 5.74) is -0.135. The van der Waals surface area contributed by atoms with E-state index in [1.165, 1.54) is 7.11 Å². The Morgan fingerprint density at radius 1 is 1.22 bits per heavy atom. The highest BCUT2D eigenvalue weighted by molar-refractivity contribution is 5.99. The Kier molecular flexibility index (Phi) is 9.29. The molecule has 1 rings (SSSR count). The van der Waals surface area contributed by atoms with E-state index < -0.39 is 11.6 Å². The van der Waals surface area contributed by atoms with E-state index in [1.807, 2.05) is 20.8 Å². The number of methoxy groups -OCH3 is 1. The fraction of sp³-hybridized carbons (Fsp3) is 0.619. The van der Waals surface area contributed by atoms with Crippen LogP contribution in [0.3, 0.4) is 0 Å². The van der Waals surface area contributed by atoms with Gasteiger partial charge in [0.25, 0.3) is 5.91 Å². The number of carbonyl (C=O) groups excluding carboxylic acids is 2. The van der Waals surface area contributed by atoms with Gasteiger partial charge in [0, 0.05) is 12.3 Å². The van der Waals surface area contributed by atoms with Crippen LogP contribution in [0.25, 0.3) is 0 Å². The number of anilines is 1. The molecule has 0 saturated heterocycles. The van der Waals surface area contributed by atoms with E-state index in [2.05, 4.69) is 12.2 Å². The standard InChI is InChI=1S/C21H33NO5/c1-7-10-13-21(5,26-9-3)20(24)22-16-11-12-18(27-15(4)8-2)17(14-16)19(23)25-6/h11-12,14-15H,7-10,13H2,1-6H3,(H,22,24)/t15-,21-/m0/s1. The molecule has 0 heterocycles. The van der Waals surface area contributed by atoms with E-state index >= 15 is 0 Å². The van der Waals surface area contributed by atoms with E-state index in [4.69, 9.17) is 14.2 Å². The molecule has 1 aromatic rings. The quantitative estimate of drug-likeness (QED) is 0.570. The van der Waals surface area contributed by atoms with Crippen LogP contribution in [0.1, 0.15) is 70.7 Å². The number of ether oxygens (including phenoxy) is 3. The fourth-order valence-corrected chi connectivity index (χ4v) is 2.63. The van der Waals surface area contributed by atoms with Crippen molar-refractivity contribution in [3.63, 3.8) is 0 Å². The lowest BCUT2D eigenvalue weighted by Crippen LogP contribution is -2.42. The molecular formula is C21H33NO5. The van der Waals surface area contributed by atoms with Crippen molar-refractivity contribution in [3.05, 3.63) is 23.8 Å². The van der Waals surface area contributed by atoms with E-state index in [0.29, 0.717) is 24.5 Å². The molecule has 0 aliphatic rings. The average Bonchev–Trinajstić information content (AvgIpc) is 2.66. The van der Waals surface area contributed by atoms with Crippen LogP contribution in [0.2, 0.25) is 0 Å². The van der Waals surface area contributed by atoms with Gasteiger partial charge in [-0.3, -0.25) is 4.79 Å². The maximum absolute atomic E-state index is 12.8. The minimum Gasteiger partial charge on any atom is -0.490 e. The Bertz CT molecular complexity index is 631. The predicted molar refractivity (Wildman–Crippen MR) is 106 cm³/mol. The maximum Gasteiger partial charge on any atom is 0.341 e. The second-order valence-corrected chi connectivity index (χ2v) is 6.76. The van der Waals surface area contributed by atoms with Gasteiger partial charge in [-0.2, -0.15) is 0 Å². The number of esters is 1. The molecule has 0 fully saturated rings. The summed E-state index contributed by atoms with van der Waals surface area (Å²) in [6.45, 7) is 10.1. The highest BCUT2D eigenvalue weighted by Crippen LogP contribution is 2.27. The number of unbranched alkanes of at least 4 members (excludes halogenated alkanes) is 1. The van der Waals surface area contributed by atoms with Crippen molar-refractivity contribution in [3.8, 4) is 5.75 Å². The summed E-state index contributed by atoms with van der Waals surface area (Å²) in [6.07, 6.45) is 3.26. The number of rotatable bonds is 11. The fourth-order valence-electron chi connectivity index (χ4n) is 2.63. The van der Waals surface area contributed by atoms with Gasteiger partial charge in [-0.25, -0.2) is 4.79 Å². The van der Waals surface area contributed by atoms with Crippen molar-refractivity contribution in [2.75, 3.05) is 19.0 Å². The molecule has 1 N–H and O–H groups in total. The van der Waals surface area contributed by atoms with Crippen molar-refractivity contribution in [2.24, 2.45) is 0 Å². The molecule has 27 heavy (non-hydrogen) atoms. The second kappa shape index (κ2) is 10.9. The van der Waals surface area contributed by atoms with Crippen LogP contribution in [0, 0.1) is 0 Å². The first-order valence-corrected chi connectivity index (χ1v) is 9.65. The molecule has 1 aromatic carbocycles. The van der Waals surface area contributed by atoms with Crippen molar-refractivity contribution in [2.45, 2.75) is 72.0 Å². The molecule has 0 aromatic heterocycles. The molecule has 0 bridgehead atoms. The lowest BCUT2D eigenvalue weighted by Gasteiger charge is -2.28. The minimum atomic E-state index is -0.915. The summed E-state index contributed by atoms with van der Waals surface area (Å²) in [6, 6.07) is 4.97. The van der Waals surface area contributed by atoms with Gasteiger partial charge >= 0.3 is 5.97 Å². The number of hydrogen-bond acceptors (Lipinski definition) is 5. The highest BCUT2D eigenvalue weighted by atomic mass is 16.5. The SMILES string of the molecule is CCCC[C@](C)(OCC)C(=O)Nc1ccc(O[C@@H](C)CC)c(C(=O)OC)c1. The van der Waals surface area contributed by atoms with Gasteiger partial charge in [0.05, 0.1) is 13.2 Å². The maximum atomic E-state index is 12.8. The predicted octanol–water partition coefficient (Wildman–Crippen LogP) is 4.57. The summed E-state index contributed by atoms with van der Waals surface area (Å²) in [4.78, 5) is 24.9. The lowest BCUT2D eigenvalue weighted by atomic mass is 9.97. The number of hydrogen-bond donors (Lipinski definition) is 1. The Morgan fingerprint density at radius 2 is 1.93 bits per heavy atom. The first kappa shape index (κ1) is 23.0. The van der Waals surface area contributed by atoms with Gasteiger partial charge in [-0.05, 0) is 51.8 Å². The summed E-state index contributed by atoms with van der Waals surface area (Å²) < 4.78 is 16.4. The summed E-state index contributed by atoms with van der Waals surface area (Å²) >= 11 is 0. The van der Waals surface area contributed by atoms with Crippen molar-refractivity contribution in [1.29, 1.82) is 0 Å². The molecule has 6 heteroatoms. The van der Waals surface area contributed by atoms with Crippen molar-refractivity contribution in [1.82, 2.24) is 0 Å². The van der Waals surface area contributed by atoms with E-state index in [-0.39, 0.29) is 17.6 Å². The molecule has 0 aliphatic heterocycles. The Labute approximate surface area is 162 Å². The van der Waals surface area contributed by atoms with Gasteiger partial charge in [0.15, 0.2) is 0 Å². The topological polar surface area (TPSA) is 73.9 Å². The largest absolute Gasteiger partial charge is 0.490 e. The number of carbonyl (C=O) groups is 2. The average molecular weight is 379 g/mol. The molecule has 152 valence electrons. The number of benzene rings is 1. The third kappa shape index (κ3) is 6.54. The lowest BCUT2D eigenvalue weighted by molar-refractivity contribution is -0.139. The monoisotopic (exact) mass is 379 g/mol. The van der Waals surface area contributed by atoms with Gasteiger partial charge in [0.1, 0.15) is 16.9 Å². The first-order chi connectivity index (χ1) is 12.8. The number of amides is 1. The Hall–Kier alpha value is -2.08. The van der Waals surface area contributed by atoms with Crippen LogP contribution >= 0.6 is 0 Å². The van der Waals surface area contributed by atoms with Crippen LogP contribution in [-0.2, 0) is 14.3 Å². The zero-order valence-electron chi connectivity index (χ0n) is 17.4.